The largest absolute Gasteiger partial charge is 0.450 e. The van der Waals surface area contributed by atoms with Gasteiger partial charge in [-0.2, -0.15) is 0 Å². The van der Waals surface area contributed by atoms with Gasteiger partial charge in [-0.1, -0.05) is 19.8 Å². The van der Waals surface area contributed by atoms with Crippen molar-refractivity contribution in [1.82, 2.24) is 4.98 Å². The molecule has 0 bridgehead atoms. The highest BCUT2D eigenvalue weighted by atomic mass is 32.1. The average Bonchev–Trinajstić information content (AvgIpc) is 2.63. The number of aryl methyl sites for hydroxylation is 1. The molecule has 14 heavy (non-hydrogen) atoms. The second kappa shape index (κ2) is 6.54. The average molecular weight is 212 g/mol. The van der Waals surface area contributed by atoms with Crippen LogP contribution < -0.4 is 0 Å². The minimum atomic E-state index is 0.252. The van der Waals surface area contributed by atoms with Crippen LogP contribution >= 0.6 is 11.3 Å². The van der Waals surface area contributed by atoms with E-state index in [1.165, 1.54) is 37.1 Å². The lowest BCUT2D eigenvalue weighted by Crippen LogP contribution is -1.91. The van der Waals surface area contributed by atoms with Gasteiger partial charge in [-0.05, 0) is 12.8 Å². The number of unbranched alkanes of at least 4 members (excludes halogenated alkanes) is 2. The number of rotatable bonds is 7. The summed E-state index contributed by atoms with van der Waals surface area (Å²) in [5.41, 5.74) is 1.10. The highest BCUT2D eigenvalue weighted by molar-refractivity contribution is 7.09. The molecule has 0 aliphatic carbocycles. The fourth-order valence-corrected chi connectivity index (χ4v) is 1.92. The molecular formula is C10H14NO2S. The number of thiazole rings is 1. The third kappa shape index (κ3) is 3.87. The lowest BCUT2D eigenvalue weighted by molar-refractivity contribution is 0.266. The lowest BCUT2D eigenvalue weighted by Gasteiger charge is -1.94. The van der Waals surface area contributed by atoms with E-state index in [0.717, 1.165) is 17.1 Å². The van der Waals surface area contributed by atoms with Gasteiger partial charge in [0.2, 0.25) is 0 Å². The van der Waals surface area contributed by atoms with Gasteiger partial charge in [-0.15, -0.1) is 11.3 Å². The van der Waals surface area contributed by atoms with Gasteiger partial charge >= 0.3 is 6.47 Å². The van der Waals surface area contributed by atoms with Gasteiger partial charge < -0.3 is 4.74 Å². The summed E-state index contributed by atoms with van der Waals surface area (Å²) < 4.78 is 4.50. The summed E-state index contributed by atoms with van der Waals surface area (Å²) in [5, 5.41) is 2.87. The Bertz CT molecular complexity index is 273. The molecule has 0 saturated heterocycles. The highest BCUT2D eigenvalue weighted by Crippen LogP contribution is 2.13. The first-order valence-corrected chi connectivity index (χ1v) is 5.67. The maximum absolute atomic E-state index is 9.83. The molecule has 1 heterocycles. The van der Waals surface area contributed by atoms with E-state index in [0.29, 0.717) is 0 Å². The van der Waals surface area contributed by atoms with Crippen molar-refractivity contribution in [2.24, 2.45) is 0 Å². The molecule has 3 nitrogen and oxygen atoms in total. The van der Waals surface area contributed by atoms with Crippen molar-refractivity contribution in [1.29, 1.82) is 0 Å². The van der Waals surface area contributed by atoms with Crippen LogP contribution in [0.15, 0.2) is 5.38 Å². The van der Waals surface area contributed by atoms with Crippen LogP contribution in [-0.2, 0) is 22.6 Å². The zero-order valence-corrected chi connectivity index (χ0v) is 9.10. The van der Waals surface area contributed by atoms with E-state index in [-0.39, 0.29) is 6.61 Å². The van der Waals surface area contributed by atoms with Gasteiger partial charge in [0.1, 0.15) is 11.6 Å². The highest BCUT2D eigenvalue weighted by Gasteiger charge is 2.01. The number of nitrogens with zero attached hydrogens (tertiary/aromatic N) is 1. The van der Waals surface area contributed by atoms with E-state index in [1.807, 2.05) is 5.38 Å². The Morgan fingerprint density at radius 2 is 2.43 bits per heavy atom. The Balaban J connectivity index is 2.31. The molecule has 0 aliphatic heterocycles. The molecule has 0 spiro atoms. The maximum Gasteiger partial charge on any atom is 0.417 e. The van der Waals surface area contributed by atoms with Crippen molar-refractivity contribution in [3.05, 3.63) is 16.1 Å². The first kappa shape index (κ1) is 11.2. The zero-order chi connectivity index (χ0) is 10.2. The van der Waals surface area contributed by atoms with Crippen molar-refractivity contribution in [3.8, 4) is 0 Å². The van der Waals surface area contributed by atoms with E-state index in [4.69, 9.17) is 0 Å². The first-order valence-electron chi connectivity index (χ1n) is 4.79. The Labute approximate surface area is 88.1 Å². The molecule has 1 radical (unpaired) electrons. The fraction of sp³-hybridized carbons (Fsp3) is 0.600. The zero-order valence-electron chi connectivity index (χ0n) is 8.28. The third-order valence-corrected chi connectivity index (χ3v) is 2.76. The van der Waals surface area contributed by atoms with E-state index >= 15 is 0 Å². The molecule has 77 valence electrons. The second-order valence-corrected chi connectivity index (χ2v) is 4.00. The number of ether oxygens (including phenoxy) is 1. The van der Waals surface area contributed by atoms with Crippen LogP contribution in [0.5, 0.6) is 0 Å². The van der Waals surface area contributed by atoms with E-state index < -0.39 is 0 Å². The molecule has 0 aromatic carbocycles. The molecule has 4 heteroatoms. The van der Waals surface area contributed by atoms with Crippen LogP contribution in [0.2, 0.25) is 0 Å². The second-order valence-electron chi connectivity index (χ2n) is 3.06. The number of hydrogen-bond donors (Lipinski definition) is 0. The number of hydrogen-bond acceptors (Lipinski definition) is 4. The Morgan fingerprint density at radius 1 is 1.57 bits per heavy atom. The van der Waals surface area contributed by atoms with E-state index in [1.54, 1.807) is 0 Å². The molecule has 0 aliphatic rings. The SMILES string of the molecule is CCCCCc1csc(CO[C]=O)n1. The Hall–Kier alpha value is -0.900. The molecule has 1 aromatic heterocycles. The van der Waals surface area contributed by atoms with Gasteiger partial charge in [0.15, 0.2) is 0 Å². The smallest absolute Gasteiger partial charge is 0.417 e. The van der Waals surface area contributed by atoms with Gasteiger partial charge in [0.05, 0.1) is 5.69 Å². The van der Waals surface area contributed by atoms with E-state index in [2.05, 4.69) is 16.6 Å². The third-order valence-electron chi connectivity index (χ3n) is 1.89. The van der Waals surface area contributed by atoms with Gasteiger partial charge in [-0.25, -0.2) is 9.78 Å². The predicted molar refractivity (Wildman–Crippen MR) is 55.8 cm³/mol. The number of carbonyl (C=O) groups excluding carboxylic acids is 1. The minimum absolute atomic E-state index is 0.252. The Morgan fingerprint density at radius 3 is 3.14 bits per heavy atom. The molecule has 1 aromatic rings. The molecule has 0 saturated carbocycles. The van der Waals surface area contributed by atoms with Crippen LogP contribution in [0, 0.1) is 0 Å². The van der Waals surface area contributed by atoms with Crippen molar-refractivity contribution >= 4 is 17.8 Å². The molecule has 0 atom stereocenters. The molecular weight excluding hydrogens is 198 g/mol. The topological polar surface area (TPSA) is 39.2 Å². The molecule has 0 unspecified atom stereocenters. The maximum atomic E-state index is 9.83. The van der Waals surface area contributed by atoms with Gasteiger partial charge in [0.25, 0.3) is 0 Å². The van der Waals surface area contributed by atoms with Crippen LogP contribution in [-0.4, -0.2) is 11.5 Å². The lowest BCUT2D eigenvalue weighted by atomic mass is 10.2. The number of aromatic nitrogens is 1. The van der Waals surface area contributed by atoms with E-state index in [9.17, 15) is 4.79 Å². The molecule has 0 N–H and O–H groups in total. The predicted octanol–water partition coefficient (Wildman–Crippen LogP) is 2.46. The summed E-state index contributed by atoms with van der Waals surface area (Å²) >= 11 is 1.53. The summed E-state index contributed by atoms with van der Waals surface area (Å²) in [6.07, 6.45) is 4.67. The first-order chi connectivity index (χ1) is 6.86. The Kier molecular flexibility index (Phi) is 5.22. The van der Waals surface area contributed by atoms with Crippen molar-refractivity contribution < 1.29 is 9.53 Å². The fourth-order valence-electron chi connectivity index (χ4n) is 1.18. The van der Waals surface area contributed by atoms with Crippen molar-refractivity contribution in [2.45, 2.75) is 39.2 Å². The quantitative estimate of drug-likeness (QED) is 0.652. The summed E-state index contributed by atoms with van der Waals surface area (Å²) in [6, 6.07) is 0. The summed E-state index contributed by atoms with van der Waals surface area (Å²) in [4.78, 5) is 14.2. The molecule has 0 fully saturated rings. The van der Waals surface area contributed by atoms with Gasteiger partial charge in [-0.3, -0.25) is 0 Å². The van der Waals surface area contributed by atoms with Crippen molar-refractivity contribution in [2.75, 3.05) is 0 Å². The normalized spacial score (nSPS) is 10.1. The standard InChI is InChI=1S/C10H14NO2S/c1-2-3-4-5-9-7-14-10(11-9)6-13-8-12/h7H,2-6H2,1H3. The van der Waals surface area contributed by atoms with Crippen LogP contribution in [0.25, 0.3) is 0 Å². The minimum Gasteiger partial charge on any atom is -0.450 e. The summed E-state index contributed by atoms with van der Waals surface area (Å²) in [6.45, 7) is 3.83. The summed E-state index contributed by atoms with van der Waals surface area (Å²) in [5.74, 6) is 0. The molecule has 1 rings (SSSR count). The monoisotopic (exact) mass is 212 g/mol. The summed E-state index contributed by atoms with van der Waals surface area (Å²) in [7, 11) is 0. The molecule has 0 amide bonds. The van der Waals surface area contributed by atoms with Crippen molar-refractivity contribution in [3.63, 3.8) is 0 Å². The van der Waals surface area contributed by atoms with Crippen LogP contribution in [0.3, 0.4) is 0 Å². The van der Waals surface area contributed by atoms with Gasteiger partial charge in [0, 0.05) is 5.38 Å². The van der Waals surface area contributed by atoms with Crippen LogP contribution in [0.1, 0.15) is 36.9 Å². The van der Waals surface area contributed by atoms with Crippen LogP contribution in [0.4, 0.5) is 0 Å².